The van der Waals surface area contributed by atoms with E-state index in [9.17, 15) is 0 Å². The fourth-order valence-electron chi connectivity index (χ4n) is 2.08. The molecule has 0 aromatic heterocycles. The summed E-state index contributed by atoms with van der Waals surface area (Å²) in [5.74, 6) is 0. The Balaban J connectivity index is 0.000000750. The molecule has 2 aromatic carbocycles. The molecule has 1 heteroatoms. The van der Waals surface area contributed by atoms with Crippen molar-refractivity contribution < 1.29 is 0 Å². The average molecular weight is 239 g/mol. The van der Waals surface area contributed by atoms with E-state index in [4.69, 9.17) is 0 Å². The number of fused-ring (bicyclic) bond motifs is 3. The van der Waals surface area contributed by atoms with Crippen LogP contribution in [0, 0.1) is 0 Å². The normalized spacial score (nSPS) is 11.4. The Morgan fingerprint density at radius 3 is 1.57 bits per heavy atom. The first-order chi connectivity index (χ1) is 6.45. The quantitative estimate of drug-likeness (QED) is 0.529. The molecule has 2 aromatic rings. The van der Waals surface area contributed by atoms with Crippen molar-refractivity contribution in [1.82, 2.24) is 0 Å². The predicted octanol–water partition coefficient (Wildman–Crippen LogP) is 2.88. The van der Waals surface area contributed by atoms with Crippen LogP contribution < -0.4 is 0 Å². The predicted molar refractivity (Wildman–Crippen MR) is 60.4 cm³/mol. The molecule has 0 aliphatic heterocycles. The van der Waals surface area contributed by atoms with Crippen LogP contribution in [0.3, 0.4) is 0 Å². The maximum atomic E-state index is 2.22. The maximum absolute atomic E-state index is 2.22. The molecule has 1 aliphatic rings. The van der Waals surface area contributed by atoms with Crippen molar-refractivity contribution in [2.75, 3.05) is 0 Å². The largest absolute Gasteiger partial charge is 0.0619 e. The average Bonchev–Trinajstić information content (AvgIpc) is 2.56. The molecule has 14 heavy (non-hydrogen) atoms. The van der Waals surface area contributed by atoms with E-state index < -0.39 is 0 Å². The first-order valence-corrected chi connectivity index (χ1v) is 4.61. The maximum Gasteiger partial charge on any atom is 0 e. The summed E-state index contributed by atoms with van der Waals surface area (Å²) in [5.41, 5.74) is 5.75. The van der Waals surface area contributed by atoms with E-state index in [0.29, 0.717) is 0 Å². The molecule has 0 heterocycles. The standard InChI is InChI=1S/C13H10.Ge/c1-3-7-12-10(5-1)9-11-6-2-4-8-13(11)12;/h1-8H,9H2;. The molecule has 0 unspecified atom stereocenters. The summed E-state index contributed by atoms with van der Waals surface area (Å²) in [7, 11) is 0. The Morgan fingerprint density at radius 2 is 1.07 bits per heavy atom. The van der Waals surface area contributed by atoms with Gasteiger partial charge in [-0.05, 0) is 28.7 Å². The minimum atomic E-state index is 0. The van der Waals surface area contributed by atoms with Crippen LogP contribution in [0.25, 0.3) is 11.1 Å². The van der Waals surface area contributed by atoms with Gasteiger partial charge in [-0.2, -0.15) is 0 Å². The summed E-state index contributed by atoms with van der Waals surface area (Å²) in [6.07, 6.45) is 1.10. The summed E-state index contributed by atoms with van der Waals surface area (Å²) in [6, 6.07) is 17.3. The van der Waals surface area contributed by atoms with E-state index in [1.807, 2.05) is 0 Å². The van der Waals surface area contributed by atoms with Crippen LogP contribution in [0.15, 0.2) is 48.5 Å². The molecule has 0 saturated heterocycles. The van der Waals surface area contributed by atoms with Gasteiger partial charge in [-0.15, -0.1) is 0 Å². The molecule has 66 valence electrons. The molecule has 0 fully saturated rings. The van der Waals surface area contributed by atoms with E-state index in [1.54, 1.807) is 0 Å². The number of hydrogen-bond donors (Lipinski definition) is 0. The van der Waals surface area contributed by atoms with Crippen molar-refractivity contribution in [3.63, 3.8) is 0 Å². The van der Waals surface area contributed by atoms with Crippen LogP contribution in [-0.4, -0.2) is 17.6 Å². The molecular weight excluding hydrogens is 229 g/mol. The Bertz CT molecular complexity index is 417. The van der Waals surface area contributed by atoms with E-state index >= 15 is 0 Å². The van der Waals surface area contributed by atoms with Crippen LogP contribution in [0.5, 0.6) is 0 Å². The molecule has 0 spiro atoms. The molecule has 0 saturated carbocycles. The summed E-state index contributed by atoms with van der Waals surface area (Å²) in [4.78, 5) is 0. The number of hydrogen-bond acceptors (Lipinski definition) is 0. The van der Waals surface area contributed by atoms with Crippen molar-refractivity contribution >= 4 is 17.6 Å². The van der Waals surface area contributed by atoms with Crippen molar-refractivity contribution in [2.24, 2.45) is 0 Å². The van der Waals surface area contributed by atoms with Gasteiger partial charge in [-0.1, -0.05) is 48.5 Å². The second-order valence-corrected chi connectivity index (χ2v) is 3.49. The third kappa shape index (κ3) is 1.30. The fourth-order valence-corrected chi connectivity index (χ4v) is 2.08. The first kappa shape index (κ1) is 9.53. The van der Waals surface area contributed by atoms with Crippen LogP contribution >= 0.6 is 0 Å². The topological polar surface area (TPSA) is 0 Å². The minimum absolute atomic E-state index is 0. The molecule has 0 atom stereocenters. The minimum Gasteiger partial charge on any atom is -0.0619 e. The molecule has 3 rings (SSSR count). The van der Waals surface area contributed by atoms with E-state index in [-0.39, 0.29) is 17.6 Å². The second kappa shape index (κ2) is 3.62. The monoisotopic (exact) mass is 240 g/mol. The van der Waals surface area contributed by atoms with Crippen LogP contribution in [-0.2, 0) is 6.42 Å². The smallest absolute Gasteiger partial charge is 0 e. The van der Waals surface area contributed by atoms with E-state index in [2.05, 4.69) is 48.5 Å². The third-order valence-corrected chi connectivity index (χ3v) is 2.71. The van der Waals surface area contributed by atoms with Gasteiger partial charge in [0.25, 0.3) is 0 Å². The molecular formula is C13H10Ge. The fraction of sp³-hybridized carbons (Fsp3) is 0.0769. The van der Waals surface area contributed by atoms with Crippen LogP contribution in [0.2, 0.25) is 0 Å². The zero-order valence-electron chi connectivity index (χ0n) is 7.83. The van der Waals surface area contributed by atoms with Crippen molar-refractivity contribution in [3.05, 3.63) is 59.7 Å². The van der Waals surface area contributed by atoms with Gasteiger partial charge in [0.1, 0.15) is 0 Å². The van der Waals surface area contributed by atoms with Gasteiger partial charge >= 0.3 is 0 Å². The third-order valence-electron chi connectivity index (χ3n) is 2.71. The zero-order valence-corrected chi connectivity index (χ0v) is 9.92. The van der Waals surface area contributed by atoms with Crippen LogP contribution in [0.1, 0.15) is 11.1 Å². The molecule has 0 amide bonds. The Labute approximate surface area is 94.9 Å². The van der Waals surface area contributed by atoms with Crippen molar-refractivity contribution in [2.45, 2.75) is 6.42 Å². The Morgan fingerprint density at radius 1 is 0.643 bits per heavy atom. The van der Waals surface area contributed by atoms with Gasteiger partial charge in [0.15, 0.2) is 0 Å². The Kier molecular flexibility index (Phi) is 2.47. The van der Waals surface area contributed by atoms with Gasteiger partial charge in [0.05, 0.1) is 0 Å². The first-order valence-electron chi connectivity index (χ1n) is 4.61. The van der Waals surface area contributed by atoms with Gasteiger partial charge in [-0.25, -0.2) is 0 Å². The summed E-state index contributed by atoms with van der Waals surface area (Å²) < 4.78 is 0. The summed E-state index contributed by atoms with van der Waals surface area (Å²) in [5, 5.41) is 0. The van der Waals surface area contributed by atoms with Gasteiger partial charge in [-0.3, -0.25) is 0 Å². The van der Waals surface area contributed by atoms with Gasteiger partial charge in [0.2, 0.25) is 0 Å². The molecule has 0 nitrogen and oxygen atoms in total. The SMILES string of the molecule is [Ge].c1ccc2c(c1)Cc1ccccc1-2. The van der Waals surface area contributed by atoms with Gasteiger partial charge < -0.3 is 0 Å². The molecule has 0 bridgehead atoms. The molecule has 4 radical (unpaired) electrons. The Hall–Kier alpha value is -1.02. The molecule has 1 aliphatic carbocycles. The van der Waals surface area contributed by atoms with Crippen LogP contribution in [0.4, 0.5) is 0 Å². The van der Waals surface area contributed by atoms with E-state index in [1.165, 1.54) is 22.3 Å². The summed E-state index contributed by atoms with van der Waals surface area (Å²) >= 11 is 0. The number of benzene rings is 2. The van der Waals surface area contributed by atoms with Crippen molar-refractivity contribution in [1.29, 1.82) is 0 Å². The summed E-state index contributed by atoms with van der Waals surface area (Å²) in [6.45, 7) is 0. The van der Waals surface area contributed by atoms with Crippen molar-refractivity contribution in [3.8, 4) is 11.1 Å². The number of rotatable bonds is 0. The van der Waals surface area contributed by atoms with E-state index in [0.717, 1.165) is 6.42 Å². The van der Waals surface area contributed by atoms with Gasteiger partial charge in [0, 0.05) is 17.6 Å². The second-order valence-electron chi connectivity index (χ2n) is 3.49. The molecule has 0 N–H and O–H groups in total. The zero-order chi connectivity index (χ0) is 8.67.